The van der Waals surface area contributed by atoms with Crippen LogP contribution in [0.3, 0.4) is 0 Å². The number of esters is 1. The number of nitriles is 1. The first-order chi connectivity index (χ1) is 21.9. The molecule has 0 aliphatic heterocycles. The topological polar surface area (TPSA) is 145 Å². The zero-order chi connectivity index (χ0) is 34.4. The number of aryl methyl sites for hydroxylation is 1. The number of ether oxygens (including phenoxy) is 1. The van der Waals surface area contributed by atoms with Crippen molar-refractivity contribution >= 4 is 23.4 Å². The lowest BCUT2D eigenvalue weighted by Crippen LogP contribution is -2.66. The van der Waals surface area contributed by atoms with Crippen LogP contribution in [0.2, 0.25) is 0 Å². The average Bonchev–Trinajstić information content (AvgIpc) is 3.47. The minimum Gasteiger partial charge on any atom is -0.465 e. The summed E-state index contributed by atoms with van der Waals surface area (Å²) >= 11 is 0. The Labute approximate surface area is 277 Å². The van der Waals surface area contributed by atoms with Crippen molar-refractivity contribution in [3.63, 3.8) is 0 Å². The predicted molar refractivity (Wildman–Crippen MR) is 173 cm³/mol. The molecule has 3 saturated carbocycles. The van der Waals surface area contributed by atoms with Crippen LogP contribution in [0, 0.1) is 71.7 Å². The highest BCUT2D eigenvalue weighted by Gasteiger charge is 2.71. The zero-order valence-electron chi connectivity index (χ0n) is 28.9. The quantitative estimate of drug-likeness (QED) is 0.140. The van der Waals surface area contributed by atoms with Crippen molar-refractivity contribution in [2.75, 3.05) is 6.61 Å². The van der Waals surface area contributed by atoms with Crippen LogP contribution in [0.15, 0.2) is 35.8 Å². The molecule has 10 nitrogen and oxygen atoms in total. The first kappa shape index (κ1) is 33.3. The lowest BCUT2D eigenvalue weighted by atomic mass is 9.34. The first-order valence-corrected chi connectivity index (χ1v) is 17.1. The van der Waals surface area contributed by atoms with Crippen LogP contribution in [0.4, 0.5) is 5.82 Å². The van der Waals surface area contributed by atoms with E-state index in [4.69, 9.17) is 4.74 Å². The molecule has 1 aromatic rings. The Hall–Kier alpha value is -3.61. The van der Waals surface area contributed by atoms with Crippen LogP contribution in [0.1, 0.15) is 99.8 Å². The lowest BCUT2D eigenvalue weighted by Gasteiger charge is -2.68. The Bertz CT molecular complexity index is 1660. The standard InChI is InChI=1S/C37H48N4O6/c1-32(2)11-13-37(31(44)47-16-8-15-40-21-28(39-22-40)41(45)46)14-12-36(7)29(24(37)19-32)25(42)17-27-34(5)18-23(20-38)30(43)33(3,4)26(34)9-10-35(27,36)6/h17-18,21-22,24,26,29H,8-16,19H2,1-7H3/t24-,26-,29-,34-,35+,36+,37-/m0/s1. The summed E-state index contributed by atoms with van der Waals surface area (Å²) in [4.78, 5) is 56.4. The van der Waals surface area contributed by atoms with Crippen LogP contribution in [0.5, 0.6) is 0 Å². The van der Waals surface area contributed by atoms with E-state index in [-0.39, 0.29) is 64.1 Å². The van der Waals surface area contributed by atoms with Crippen molar-refractivity contribution in [1.29, 1.82) is 5.26 Å². The highest BCUT2D eigenvalue weighted by molar-refractivity contribution is 6.04. The van der Waals surface area contributed by atoms with Crippen LogP contribution in [-0.4, -0.2) is 38.6 Å². The number of Topliss-reactive ketones (excluding diaryl/α,β-unsaturated/α-hetero) is 1. The lowest BCUT2D eigenvalue weighted by molar-refractivity contribution is -0.389. The number of ketones is 2. The Morgan fingerprint density at radius 2 is 1.81 bits per heavy atom. The Morgan fingerprint density at radius 1 is 1.11 bits per heavy atom. The minimum absolute atomic E-state index is 0.0217. The van der Waals surface area contributed by atoms with E-state index >= 15 is 0 Å². The molecule has 5 aliphatic carbocycles. The van der Waals surface area contributed by atoms with Gasteiger partial charge in [0.2, 0.25) is 6.33 Å². The number of hydrogen-bond acceptors (Lipinski definition) is 8. The van der Waals surface area contributed by atoms with Gasteiger partial charge in [-0.1, -0.05) is 60.1 Å². The number of nitro groups is 1. The molecule has 1 heterocycles. The van der Waals surface area contributed by atoms with E-state index in [0.29, 0.717) is 32.2 Å². The van der Waals surface area contributed by atoms with Gasteiger partial charge in [-0.3, -0.25) is 14.4 Å². The molecule has 10 heteroatoms. The van der Waals surface area contributed by atoms with E-state index in [0.717, 1.165) is 31.3 Å². The molecule has 6 rings (SSSR count). The predicted octanol–water partition coefficient (Wildman–Crippen LogP) is 6.94. The largest absolute Gasteiger partial charge is 0.465 e. The Kier molecular flexibility index (Phi) is 7.58. The maximum atomic E-state index is 14.7. The van der Waals surface area contributed by atoms with E-state index in [1.165, 1.54) is 12.5 Å². The number of fused-ring (bicyclic) bond motifs is 7. The molecular weight excluding hydrogens is 596 g/mol. The van der Waals surface area contributed by atoms with Crippen molar-refractivity contribution in [2.24, 2.45) is 50.2 Å². The molecule has 0 bridgehead atoms. The van der Waals surface area contributed by atoms with Gasteiger partial charge in [-0.15, -0.1) is 0 Å². The van der Waals surface area contributed by atoms with Gasteiger partial charge in [0.05, 0.1) is 17.6 Å². The second-order valence-corrected chi connectivity index (χ2v) is 17.1. The van der Waals surface area contributed by atoms with E-state index in [9.17, 15) is 29.8 Å². The second kappa shape index (κ2) is 10.7. The normalized spacial score (nSPS) is 38.4. The molecule has 1 aromatic heterocycles. The number of carbonyl (C=O) groups excluding carboxylic acids is 3. The molecule has 0 saturated heterocycles. The summed E-state index contributed by atoms with van der Waals surface area (Å²) < 4.78 is 7.63. The molecule has 0 amide bonds. The van der Waals surface area contributed by atoms with Gasteiger partial charge in [-0.05, 0) is 95.4 Å². The summed E-state index contributed by atoms with van der Waals surface area (Å²) in [5, 5.41) is 20.9. The van der Waals surface area contributed by atoms with E-state index < -0.39 is 26.6 Å². The fourth-order valence-electron chi connectivity index (χ4n) is 11.1. The van der Waals surface area contributed by atoms with E-state index in [1.54, 1.807) is 4.57 Å². The smallest absolute Gasteiger partial charge is 0.381 e. The van der Waals surface area contributed by atoms with Crippen LogP contribution in [-0.2, 0) is 25.7 Å². The fraction of sp³-hybridized carbons (Fsp3) is 0.703. The molecule has 7 atom stereocenters. The summed E-state index contributed by atoms with van der Waals surface area (Å²) in [6, 6.07) is 2.17. The van der Waals surface area contributed by atoms with Crippen molar-refractivity contribution in [3.8, 4) is 6.07 Å². The first-order valence-electron chi connectivity index (χ1n) is 17.1. The monoisotopic (exact) mass is 644 g/mol. The molecule has 3 fully saturated rings. The van der Waals surface area contributed by atoms with E-state index in [2.05, 4.69) is 45.7 Å². The fourth-order valence-corrected chi connectivity index (χ4v) is 11.1. The van der Waals surface area contributed by atoms with Gasteiger partial charge in [0.15, 0.2) is 11.6 Å². The Morgan fingerprint density at radius 3 is 2.47 bits per heavy atom. The molecule has 0 aromatic carbocycles. The maximum Gasteiger partial charge on any atom is 0.381 e. The molecule has 5 aliphatic rings. The van der Waals surface area contributed by atoms with Crippen molar-refractivity contribution in [1.82, 2.24) is 9.55 Å². The van der Waals surface area contributed by atoms with E-state index in [1.807, 2.05) is 26.0 Å². The summed E-state index contributed by atoms with van der Waals surface area (Å²) in [5.74, 6) is -1.04. The number of carbonyl (C=O) groups is 3. The van der Waals surface area contributed by atoms with Crippen molar-refractivity contribution < 1.29 is 24.0 Å². The van der Waals surface area contributed by atoms with Crippen molar-refractivity contribution in [2.45, 2.75) is 106 Å². The third kappa shape index (κ3) is 4.69. The number of imidazole rings is 1. The maximum absolute atomic E-state index is 14.7. The molecule has 0 spiro atoms. The third-order valence-electron chi connectivity index (χ3n) is 13.9. The zero-order valence-corrected chi connectivity index (χ0v) is 28.9. The SMILES string of the molecule is CC1(C)CC[C@]2(C(=O)OCCCn3cnc([N+](=O)[O-])c3)CC[C@]3(C)[C@H](C(=O)C=C4[C@@]5(C)C=C(C#N)C(=O)C(C)(C)[C@@H]5CC[C@]43C)[C@@H]2C1. The van der Waals surface area contributed by atoms with Gasteiger partial charge < -0.3 is 19.4 Å². The van der Waals surface area contributed by atoms with Crippen molar-refractivity contribution in [3.05, 3.63) is 45.9 Å². The summed E-state index contributed by atoms with van der Waals surface area (Å²) in [7, 11) is 0. The van der Waals surface area contributed by atoms with Gasteiger partial charge in [0, 0.05) is 23.3 Å². The summed E-state index contributed by atoms with van der Waals surface area (Å²) in [6.07, 6.45) is 12.3. The molecule has 0 N–H and O–H groups in total. The molecule has 0 unspecified atom stereocenters. The van der Waals surface area contributed by atoms with Gasteiger partial charge in [0.25, 0.3) is 0 Å². The molecule has 47 heavy (non-hydrogen) atoms. The summed E-state index contributed by atoms with van der Waals surface area (Å²) in [6.45, 7) is 15.7. The van der Waals surface area contributed by atoms with Gasteiger partial charge >= 0.3 is 11.8 Å². The molecule has 252 valence electrons. The molecule has 0 radical (unpaired) electrons. The third-order valence-corrected chi connectivity index (χ3v) is 13.9. The second-order valence-electron chi connectivity index (χ2n) is 17.1. The number of nitrogens with zero attached hydrogens (tertiary/aromatic N) is 4. The number of hydrogen-bond donors (Lipinski definition) is 0. The Balaban J connectivity index is 1.33. The van der Waals surface area contributed by atoms with Crippen LogP contribution in [0.25, 0.3) is 0 Å². The number of allylic oxidation sites excluding steroid dienone is 4. The van der Waals surface area contributed by atoms with Crippen LogP contribution >= 0.6 is 0 Å². The number of rotatable bonds is 6. The summed E-state index contributed by atoms with van der Waals surface area (Å²) in [5.41, 5.74) is -1.64. The van der Waals surface area contributed by atoms with Crippen LogP contribution < -0.4 is 0 Å². The highest BCUT2D eigenvalue weighted by Crippen LogP contribution is 2.74. The van der Waals surface area contributed by atoms with Gasteiger partial charge in [-0.2, -0.15) is 5.26 Å². The van der Waals surface area contributed by atoms with Gasteiger partial charge in [-0.25, -0.2) is 0 Å². The number of aromatic nitrogens is 2. The highest BCUT2D eigenvalue weighted by atomic mass is 16.6. The minimum atomic E-state index is -0.751. The average molecular weight is 645 g/mol. The molecular formula is C37H48N4O6. The van der Waals surface area contributed by atoms with Gasteiger partial charge in [0.1, 0.15) is 12.3 Å².